The van der Waals surface area contributed by atoms with Crippen LogP contribution in [0.1, 0.15) is 39.0 Å². The van der Waals surface area contributed by atoms with Crippen molar-refractivity contribution in [3.05, 3.63) is 0 Å². The van der Waals surface area contributed by atoms with Gasteiger partial charge in [0.05, 0.1) is 11.5 Å². The molecule has 0 heterocycles. The summed E-state index contributed by atoms with van der Waals surface area (Å²) in [6.07, 6.45) is 5.00. The maximum atomic E-state index is 11.9. The Hall–Kier alpha value is -1.11. The van der Waals surface area contributed by atoms with Gasteiger partial charge in [0, 0.05) is 6.92 Å². The highest BCUT2D eigenvalue weighted by atomic mass is 32.2. The standard InChI is InChI=1S/C12H21NO5S/c1-9(14)13-11(12(15)16)8-19(17,18)7-6-10-4-2-3-5-10/h10-11H,2-8H2,1H3,(H,13,14)(H,15,16). The van der Waals surface area contributed by atoms with E-state index in [9.17, 15) is 18.0 Å². The second kappa shape index (κ2) is 6.88. The Morgan fingerprint density at radius 3 is 2.37 bits per heavy atom. The zero-order valence-electron chi connectivity index (χ0n) is 11.1. The van der Waals surface area contributed by atoms with Gasteiger partial charge in [-0.25, -0.2) is 13.2 Å². The predicted octanol–water partition coefficient (Wildman–Crippen LogP) is 0.571. The normalized spacial score (nSPS) is 18.2. The summed E-state index contributed by atoms with van der Waals surface area (Å²) in [5.74, 6) is -1.95. The Bertz CT molecular complexity index is 425. The van der Waals surface area contributed by atoms with Gasteiger partial charge in [-0.3, -0.25) is 4.79 Å². The van der Waals surface area contributed by atoms with Gasteiger partial charge in [0.1, 0.15) is 6.04 Å². The highest BCUT2D eigenvalue weighted by Crippen LogP contribution is 2.27. The lowest BCUT2D eigenvalue weighted by molar-refractivity contribution is -0.140. The summed E-state index contributed by atoms with van der Waals surface area (Å²) in [5, 5.41) is 11.0. The highest BCUT2D eigenvalue weighted by molar-refractivity contribution is 7.91. The molecule has 1 saturated carbocycles. The molecule has 1 atom stereocenters. The molecule has 0 bridgehead atoms. The van der Waals surface area contributed by atoms with E-state index in [-0.39, 0.29) is 5.75 Å². The van der Waals surface area contributed by atoms with Crippen LogP contribution in [-0.4, -0.2) is 42.9 Å². The maximum absolute atomic E-state index is 11.9. The second-order valence-electron chi connectivity index (χ2n) is 5.14. The van der Waals surface area contributed by atoms with Crippen molar-refractivity contribution in [1.82, 2.24) is 5.32 Å². The Labute approximate surface area is 113 Å². The molecule has 2 N–H and O–H groups in total. The average molecular weight is 291 g/mol. The first-order valence-electron chi connectivity index (χ1n) is 6.50. The second-order valence-corrected chi connectivity index (χ2v) is 7.37. The minimum atomic E-state index is -3.45. The summed E-state index contributed by atoms with van der Waals surface area (Å²) in [6, 6.07) is -1.36. The third-order valence-electron chi connectivity index (χ3n) is 3.41. The molecule has 19 heavy (non-hydrogen) atoms. The topological polar surface area (TPSA) is 101 Å². The highest BCUT2D eigenvalue weighted by Gasteiger charge is 2.27. The molecule has 0 aromatic heterocycles. The number of carbonyl (C=O) groups excluding carboxylic acids is 1. The smallest absolute Gasteiger partial charge is 0.327 e. The number of hydrogen-bond donors (Lipinski definition) is 2. The summed E-state index contributed by atoms with van der Waals surface area (Å²) >= 11 is 0. The number of nitrogens with one attached hydrogen (secondary N) is 1. The van der Waals surface area contributed by atoms with Gasteiger partial charge in [-0.1, -0.05) is 25.7 Å². The number of carbonyl (C=O) groups is 2. The van der Waals surface area contributed by atoms with Gasteiger partial charge in [0.25, 0.3) is 0 Å². The molecule has 0 aromatic rings. The van der Waals surface area contributed by atoms with Crippen LogP contribution >= 0.6 is 0 Å². The molecule has 7 heteroatoms. The first kappa shape index (κ1) is 15.9. The van der Waals surface area contributed by atoms with Crippen LogP contribution in [-0.2, 0) is 19.4 Å². The summed E-state index contributed by atoms with van der Waals surface area (Å²) in [5.41, 5.74) is 0. The molecule has 0 spiro atoms. The number of rotatable bonds is 7. The molecule has 1 aliphatic carbocycles. The van der Waals surface area contributed by atoms with E-state index in [1.165, 1.54) is 6.92 Å². The van der Waals surface area contributed by atoms with Gasteiger partial charge in [-0.05, 0) is 12.3 Å². The molecule has 1 aliphatic rings. The number of hydrogen-bond acceptors (Lipinski definition) is 4. The van der Waals surface area contributed by atoms with E-state index in [1.807, 2.05) is 0 Å². The van der Waals surface area contributed by atoms with Crippen molar-refractivity contribution in [2.24, 2.45) is 5.92 Å². The van der Waals surface area contributed by atoms with Crippen molar-refractivity contribution < 1.29 is 23.1 Å². The van der Waals surface area contributed by atoms with E-state index < -0.39 is 33.5 Å². The van der Waals surface area contributed by atoms with E-state index >= 15 is 0 Å². The molecule has 6 nitrogen and oxygen atoms in total. The van der Waals surface area contributed by atoms with Crippen LogP contribution in [0.5, 0.6) is 0 Å². The van der Waals surface area contributed by atoms with E-state index in [1.54, 1.807) is 0 Å². The molecule has 1 amide bonds. The summed E-state index contributed by atoms with van der Waals surface area (Å²) in [6.45, 7) is 1.17. The Kier molecular flexibility index (Phi) is 5.78. The van der Waals surface area contributed by atoms with Gasteiger partial charge in [-0.2, -0.15) is 0 Å². The lowest BCUT2D eigenvalue weighted by Gasteiger charge is -2.14. The molecular formula is C12H21NO5S. The van der Waals surface area contributed by atoms with Crippen molar-refractivity contribution in [2.45, 2.75) is 45.1 Å². The quantitative estimate of drug-likeness (QED) is 0.714. The number of carboxylic acid groups (broad SMARTS) is 1. The van der Waals surface area contributed by atoms with Crippen molar-refractivity contribution in [2.75, 3.05) is 11.5 Å². The lowest BCUT2D eigenvalue weighted by atomic mass is 10.1. The molecule has 1 rings (SSSR count). The Morgan fingerprint density at radius 2 is 1.89 bits per heavy atom. The number of aliphatic carboxylic acids is 1. The lowest BCUT2D eigenvalue weighted by Crippen LogP contribution is -2.44. The van der Waals surface area contributed by atoms with E-state index in [4.69, 9.17) is 5.11 Å². The summed E-state index contributed by atoms with van der Waals surface area (Å²) < 4.78 is 23.7. The van der Waals surface area contributed by atoms with Crippen LogP contribution in [0.25, 0.3) is 0 Å². The fourth-order valence-corrected chi connectivity index (χ4v) is 4.00. The number of amides is 1. The fraction of sp³-hybridized carbons (Fsp3) is 0.833. The maximum Gasteiger partial charge on any atom is 0.327 e. The van der Waals surface area contributed by atoms with Crippen LogP contribution < -0.4 is 5.32 Å². The molecule has 0 saturated heterocycles. The zero-order valence-corrected chi connectivity index (χ0v) is 11.9. The first-order chi connectivity index (χ1) is 8.80. The minimum absolute atomic E-state index is 0.00102. The molecular weight excluding hydrogens is 270 g/mol. The molecule has 0 radical (unpaired) electrons. The zero-order chi connectivity index (χ0) is 14.5. The van der Waals surface area contributed by atoms with E-state index in [0.29, 0.717) is 12.3 Å². The SMILES string of the molecule is CC(=O)NC(CS(=O)(=O)CCC1CCCC1)C(=O)O. The van der Waals surface area contributed by atoms with E-state index in [0.717, 1.165) is 25.7 Å². The van der Waals surface area contributed by atoms with Gasteiger partial charge >= 0.3 is 5.97 Å². The third-order valence-corrected chi connectivity index (χ3v) is 5.11. The van der Waals surface area contributed by atoms with Gasteiger partial charge in [0.2, 0.25) is 5.91 Å². The van der Waals surface area contributed by atoms with Gasteiger partial charge in [0.15, 0.2) is 9.84 Å². The van der Waals surface area contributed by atoms with Crippen LogP contribution in [0.2, 0.25) is 0 Å². The largest absolute Gasteiger partial charge is 0.480 e. The predicted molar refractivity (Wildman–Crippen MR) is 70.5 cm³/mol. The molecule has 0 aliphatic heterocycles. The first-order valence-corrected chi connectivity index (χ1v) is 8.32. The van der Waals surface area contributed by atoms with Crippen molar-refractivity contribution in [1.29, 1.82) is 0 Å². The Balaban J connectivity index is 2.50. The third kappa shape index (κ3) is 6.04. The molecule has 110 valence electrons. The molecule has 0 aromatic carbocycles. The number of carboxylic acids is 1. The average Bonchev–Trinajstić information content (AvgIpc) is 2.77. The van der Waals surface area contributed by atoms with Crippen LogP contribution in [0.15, 0.2) is 0 Å². The summed E-state index contributed by atoms with van der Waals surface area (Å²) in [7, 11) is -3.45. The van der Waals surface area contributed by atoms with Crippen molar-refractivity contribution >= 4 is 21.7 Å². The van der Waals surface area contributed by atoms with Crippen molar-refractivity contribution in [3.63, 3.8) is 0 Å². The van der Waals surface area contributed by atoms with Gasteiger partial charge < -0.3 is 10.4 Å². The summed E-state index contributed by atoms with van der Waals surface area (Å²) in [4.78, 5) is 21.7. The minimum Gasteiger partial charge on any atom is -0.480 e. The van der Waals surface area contributed by atoms with Crippen LogP contribution in [0.3, 0.4) is 0 Å². The Morgan fingerprint density at radius 1 is 1.32 bits per heavy atom. The number of sulfone groups is 1. The van der Waals surface area contributed by atoms with Gasteiger partial charge in [-0.15, -0.1) is 0 Å². The molecule has 1 unspecified atom stereocenters. The van der Waals surface area contributed by atoms with Crippen molar-refractivity contribution in [3.8, 4) is 0 Å². The van der Waals surface area contributed by atoms with Crippen LogP contribution in [0.4, 0.5) is 0 Å². The van der Waals surface area contributed by atoms with E-state index in [2.05, 4.69) is 5.32 Å². The fourth-order valence-electron chi connectivity index (χ4n) is 2.40. The van der Waals surface area contributed by atoms with Crippen LogP contribution in [0, 0.1) is 5.92 Å². The monoisotopic (exact) mass is 291 g/mol. The molecule has 1 fully saturated rings.